The highest BCUT2D eigenvalue weighted by Gasteiger charge is 2.23. The number of piperidine rings is 1. The molecule has 0 aromatic rings. The number of carbonyl (C=O) groups excluding carboxylic acids is 2. The number of nitrogens with zero attached hydrogens (tertiary/aromatic N) is 1. The fourth-order valence-corrected chi connectivity index (χ4v) is 1.49. The Hall–Kier alpha value is -1.06. The summed E-state index contributed by atoms with van der Waals surface area (Å²) < 4.78 is 0. The standard InChI is InChI=1S/C10H18N2O2/c1-2-3-7-11-10(14)12-8-5-4-6-9(12)13/h2-8H2,1H3,(H,11,14). The van der Waals surface area contributed by atoms with Gasteiger partial charge in [-0.1, -0.05) is 13.3 Å². The Kier molecular flexibility index (Phi) is 4.43. The minimum atomic E-state index is -0.219. The van der Waals surface area contributed by atoms with E-state index in [1.165, 1.54) is 4.90 Å². The van der Waals surface area contributed by atoms with Gasteiger partial charge < -0.3 is 5.32 Å². The van der Waals surface area contributed by atoms with Crippen molar-refractivity contribution in [2.75, 3.05) is 13.1 Å². The van der Waals surface area contributed by atoms with Crippen LogP contribution in [0, 0.1) is 0 Å². The van der Waals surface area contributed by atoms with Crippen molar-refractivity contribution in [3.8, 4) is 0 Å². The van der Waals surface area contributed by atoms with Gasteiger partial charge in [-0.05, 0) is 19.3 Å². The summed E-state index contributed by atoms with van der Waals surface area (Å²) in [4.78, 5) is 24.1. The number of imide groups is 1. The maximum atomic E-state index is 11.5. The van der Waals surface area contributed by atoms with Gasteiger partial charge in [-0.3, -0.25) is 9.69 Å². The Balaban J connectivity index is 2.31. The number of nitrogens with one attached hydrogen (secondary N) is 1. The third kappa shape index (κ3) is 3.01. The zero-order chi connectivity index (χ0) is 10.4. The van der Waals surface area contributed by atoms with E-state index in [9.17, 15) is 9.59 Å². The molecule has 0 aromatic carbocycles. The summed E-state index contributed by atoms with van der Waals surface area (Å²) in [5.41, 5.74) is 0. The molecule has 14 heavy (non-hydrogen) atoms. The third-order valence-electron chi connectivity index (χ3n) is 2.38. The summed E-state index contributed by atoms with van der Waals surface area (Å²) >= 11 is 0. The van der Waals surface area contributed by atoms with Gasteiger partial charge in [0.2, 0.25) is 5.91 Å². The third-order valence-corrected chi connectivity index (χ3v) is 2.38. The zero-order valence-corrected chi connectivity index (χ0v) is 8.71. The van der Waals surface area contributed by atoms with E-state index in [0.717, 1.165) is 25.7 Å². The summed E-state index contributed by atoms with van der Waals surface area (Å²) in [6.45, 7) is 3.31. The molecule has 0 saturated carbocycles. The predicted molar refractivity (Wildman–Crippen MR) is 53.9 cm³/mol. The van der Waals surface area contributed by atoms with Crippen molar-refractivity contribution in [1.29, 1.82) is 0 Å². The smallest absolute Gasteiger partial charge is 0.324 e. The molecule has 0 radical (unpaired) electrons. The largest absolute Gasteiger partial charge is 0.338 e. The maximum absolute atomic E-state index is 11.5. The minimum absolute atomic E-state index is 0.0368. The molecule has 4 heteroatoms. The molecule has 3 amide bonds. The Morgan fingerprint density at radius 1 is 1.50 bits per heavy atom. The average molecular weight is 198 g/mol. The van der Waals surface area contributed by atoms with Gasteiger partial charge in [0.25, 0.3) is 0 Å². The molecule has 1 aliphatic heterocycles. The van der Waals surface area contributed by atoms with Gasteiger partial charge in [0.05, 0.1) is 0 Å². The average Bonchev–Trinajstić information content (AvgIpc) is 2.18. The molecule has 1 heterocycles. The second-order valence-electron chi connectivity index (χ2n) is 3.59. The van der Waals surface area contributed by atoms with Gasteiger partial charge in [0.15, 0.2) is 0 Å². The zero-order valence-electron chi connectivity index (χ0n) is 8.71. The van der Waals surface area contributed by atoms with Crippen molar-refractivity contribution < 1.29 is 9.59 Å². The van der Waals surface area contributed by atoms with Gasteiger partial charge in [-0.25, -0.2) is 4.79 Å². The van der Waals surface area contributed by atoms with Crippen molar-refractivity contribution in [2.24, 2.45) is 0 Å². The molecule has 0 aliphatic carbocycles. The Morgan fingerprint density at radius 2 is 2.29 bits per heavy atom. The number of carbonyl (C=O) groups is 2. The Morgan fingerprint density at radius 3 is 2.93 bits per heavy atom. The van der Waals surface area contributed by atoms with E-state index in [2.05, 4.69) is 12.2 Å². The molecule has 80 valence electrons. The van der Waals surface area contributed by atoms with Crippen LogP contribution in [0.2, 0.25) is 0 Å². The van der Waals surface area contributed by atoms with Gasteiger partial charge in [-0.15, -0.1) is 0 Å². The van der Waals surface area contributed by atoms with Gasteiger partial charge >= 0.3 is 6.03 Å². The van der Waals surface area contributed by atoms with Gasteiger partial charge in [-0.2, -0.15) is 0 Å². The highest BCUT2D eigenvalue weighted by Crippen LogP contribution is 2.10. The maximum Gasteiger partial charge on any atom is 0.324 e. The van der Waals surface area contributed by atoms with Crippen LogP contribution in [0.3, 0.4) is 0 Å². The topological polar surface area (TPSA) is 49.4 Å². The lowest BCUT2D eigenvalue weighted by Gasteiger charge is -2.24. The fourth-order valence-electron chi connectivity index (χ4n) is 1.49. The SMILES string of the molecule is CCCCNC(=O)N1CCCCC1=O. The van der Waals surface area contributed by atoms with Gasteiger partial charge in [0, 0.05) is 19.5 Å². The minimum Gasteiger partial charge on any atom is -0.338 e. The molecule has 1 N–H and O–H groups in total. The highest BCUT2D eigenvalue weighted by atomic mass is 16.2. The fraction of sp³-hybridized carbons (Fsp3) is 0.800. The van der Waals surface area contributed by atoms with E-state index in [-0.39, 0.29) is 11.9 Å². The van der Waals surface area contributed by atoms with Crippen molar-refractivity contribution in [1.82, 2.24) is 10.2 Å². The quantitative estimate of drug-likeness (QED) is 0.699. The lowest BCUT2D eigenvalue weighted by Crippen LogP contribution is -2.46. The molecule has 0 unspecified atom stereocenters. The summed E-state index contributed by atoms with van der Waals surface area (Å²) in [7, 11) is 0. The lowest BCUT2D eigenvalue weighted by molar-refractivity contribution is -0.130. The molecule has 1 rings (SSSR count). The van der Waals surface area contributed by atoms with Crippen molar-refractivity contribution in [3.05, 3.63) is 0 Å². The van der Waals surface area contributed by atoms with Crippen LogP contribution >= 0.6 is 0 Å². The first-order chi connectivity index (χ1) is 6.75. The van der Waals surface area contributed by atoms with E-state index < -0.39 is 0 Å². The molecule has 1 fully saturated rings. The van der Waals surface area contributed by atoms with E-state index in [1.807, 2.05) is 0 Å². The first-order valence-corrected chi connectivity index (χ1v) is 5.34. The van der Waals surface area contributed by atoms with Crippen LogP contribution in [0.4, 0.5) is 4.79 Å². The summed E-state index contributed by atoms with van der Waals surface area (Å²) in [6, 6.07) is -0.219. The van der Waals surface area contributed by atoms with Crippen LogP contribution < -0.4 is 5.32 Å². The summed E-state index contributed by atoms with van der Waals surface area (Å²) in [6.07, 6.45) is 4.38. The predicted octanol–water partition coefficient (Wildman–Crippen LogP) is 1.51. The highest BCUT2D eigenvalue weighted by molar-refractivity contribution is 5.94. The molecule has 1 aliphatic rings. The first kappa shape index (κ1) is 11.0. The summed E-state index contributed by atoms with van der Waals surface area (Å²) in [5.74, 6) is -0.0368. The number of amides is 3. The van der Waals surface area contributed by atoms with Crippen LogP contribution in [-0.2, 0) is 4.79 Å². The normalized spacial score (nSPS) is 16.9. The second kappa shape index (κ2) is 5.62. The van der Waals surface area contributed by atoms with Crippen LogP contribution in [0.25, 0.3) is 0 Å². The monoisotopic (exact) mass is 198 g/mol. The van der Waals surface area contributed by atoms with Crippen molar-refractivity contribution in [2.45, 2.75) is 39.0 Å². The second-order valence-corrected chi connectivity index (χ2v) is 3.59. The Bertz CT molecular complexity index is 216. The number of unbranched alkanes of at least 4 members (excludes halogenated alkanes) is 1. The first-order valence-electron chi connectivity index (χ1n) is 5.34. The van der Waals surface area contributed by atoms with Crippen LogP contribution in [-0.4, -0.2) is 29.9 Å². The molecule has 0 spiro atoms. The number of likely N-dealkylation sites (tertiary alicyclic amines) is 1. The molecule has 0 bridgehead atoms. The van der Waals surface area contributed by atoms with Crippen molar-refractivity contribution in [3.63, 3.8) is 0 Å². The molecule has 4 nitrogen and oxygen atoms in total. The van der Waals surface area contributed by atoms with Crippen molar-refractivity contribution >= 4 is 11.9 Å². The number of hydrogen-bond acceptors (Lipinski definition) is 2. The molecule has 1 saturated heterocycles. The van der Waals surface area contributed by atoms with Crippen LogP contribution in [0.5, 0.6) is 0 Å². The lowest BCUT2D eigenvalue weighted by atomic mass is 10.1. The molecule has 0 aromatic heterocycles. The number of hydrogen-bond donors (Lipinski definition) is 1. The summed E-state index contributed by atoms with van der Waals surface area (Å²) in [5, 5.41) is 2.75. The van der Waals surface area contributed by atoms with E-state index in [1.54, 1.807) is 0 Å². The molecular formula is C10H18N2O2. The molecular weight excluding hydrogens is 180 g/mol. The Labute approximate surface area is 84.7 Å². The van der Waals surface area contributed by atoms with E-state index >= 15 is 0 Å². The molecule has 0 atom stereocenters. The van der Waals surface area contributed by atoms with Crippen LogP contribution in [0.15, 0.2) is 0 Å². The van der Waals surface area contributed by atoms with Crippen LogP contribution in [0.1, 0.15) is 39.0 Å². The number of urea groups is 1. The van der Waals surface area contributed by atoms with E-state index in [0.29, 0.717) is 19.5 Å². The number of rotatable bonds is 3. The van der Waals surface area contributed by atoms with E-state index in [4.69, 9.17) is 0 Å². The van der Waals surface area contributed by atoms with Gasteiger partial charge in [0.1, 0.15) is 0 Å².